The lowest BCUT2D eigenvalue weighted by atomic mass is 9.46. The lowest BCUT2D eigenvalue weighted by molar-refractivity contribution is -0.288. The van der Waals surface area contributed by atoms with Gasteiger partial charge in [0.05, 0.1) is 25.4 Å². The molecule has 0 bridgehead atoms. The third-order valence-corrected chi connectivity index (χ3v) is 13.3. The summed E-state index contributed by atoms with van der Waals surface area (Å²) < 4.78 is 18.3. The maximum Gasteiger partial charge on any atom is 0.302 e. The molecule has 0 aromatic carbocycles. The predicted molar refractivity (Wildman–Crippen MR) is 176 cm³/mol. The van der Waals surface area contributed by atoms with Gasteiger partial charge in [-0.3, -0.25) is 9.59 Å². The van der Waals surface area contributed by atoms with Crippen LogP contribution in [0.4, 0.5) is 0 Å². The largest absolute Gasteiger partial charge is 0.466 e. The number of allylic oxidation sites excluding steroid dienone is 2. The Balaban J connectivity index is 1.42. The van der Waals surface area contributed by atoms with E-state index in [2.05, 4.69) is 45.2 Å². The Morgan fingerprint density at radius 1 is 1.00 bits per heavy atom. The van der Waals surface area contributed by atoms with Gasteiger partial charge in [-0.25, -0.2) is 0 Å². The average molecular weight is 664 g/mol. The number of aliphatic hydroxyl groups excluding tert-OH is 4. The zero-order chi connectivity index (χ0) is 34.3. The van der Waals surface area contributed by atoms with Crippen molar-refractivity contribution < 1.29 is 44.2 Å². The zero-order valence-electron chi connectivity index (χ0n) is 29.3. The first kappa shape index (κ1) is 36.7. The lowest BCUT2D eigenvalue weighted by Gasteiger charge is -2.59. The van der Waals surface area contributed by atoms with Gasteiger partial charge in [-0.1, -0.05) is 52.7 Å². The molecule has 1 aliphatic heterocycles. The molecular formula is C37H61NO9. The van der Waals surface area contributed by atoms with Gasteiger partial charge in [-0.05, 0) is 97.2 Å². The van der Waals surface area contributed by atoms with Gasteiger partial charge >= 0.3 is 5.97 Å². The summed E-state index contributed by atoms with van der Waals surface area (Å²) in [4.78, 5) is 23.5. The van der Waals surface area contributed by atoms with Crippen LogP contribution in [-0.2, 0) is 23.8 Å². The first-order valence-corrected chi connectivity index (χ1v) is 18.2. The summed E-state index contributed by atoms with van der Waals surface area (Å²) in [5.41, 5.74) is 0.0949. The maximum atomic E-state index is 12.2. The molecule has 0 aromatic rings. The summed E-state index contributed by atoms with van der Waals surface area (Å²) >= 11 is 0. The Labute approximate surface area is 281 Å². The molecule has 10 nitrogen and oxygen atoms in total. The van der Waals surface area contributed by atoms with Gasteiger partial charge in [-0.15, -0.1) is 0 Å². The summed E-state index contributed by atoms with van der Waals surface area (Å²) in [6.07, 6.45) is 8.30. The number of fused-ring (bicyclic) bond motifs is 5. The van der Waals surface area contributed by atoms with Crippen molar-refractivity contribution in [2.24, 2.45) is 52.3 Å². The van der Waals surface area contributed by atoms with Crippen LogP contribution >= 0.6 is 0 Å². The van der Waals surface area contributed by atoms with Crippen molar-refractivity contribution in [2.45, 2.75) is 142 Å². The van der Waals surface area contributed by atoms with E-state index in [4.69, 9.17) is 14.2 Å². The fourth-order valence-corrected chi connectivity index (χ4v) is 10.8. The van der Waals surface area contributed by atoms with Crippen LogP contribution < -0.4 is 5.32 Å². The fourth-order valence-electron chi connectivity index (χ4n) is 10.8. The fraction of sp³-hybridized carbons (Fsp3) is 0.892. The maximum absolute atomic E-state index is 12.2. The molecule has 16 atom stereocenters. The van der Waals surface area contributed by atoms with Crippen molar-refractivity contribution in [3.8, 4) is 0 Å². The molecule has 5 aliphatic rings. The zero-order valence-corrected chi connectivity index (χ0v) is 29.3. The van der Waals surface area contributed by atoms with Crippen LogP contribution in [0.2, 0.25) is 0 Å². The molecule has 5 unspecified atom stereocenters. The summed E-state index contributed by atoms with van der Waals surface area (Å²) in [6, 6.07) is -0.977. The standard InChI is InChI=1S/C37H61NO9/c1-20(19-45-23(4)41)8-7-9-21(2)28-17-29(46-35-32(38-22(3)40)34(44)33(43)30(18-39)47-35)31-26-11-10-24-16-25(42)12-14-36(24,5)27(26)13-15-37(28,31)6/h10-11,20-21,24-35,39,42-44H,7-9,12-19H2,1-6H3,(H,38,40)/t20-,21-,24?,25?,26?,27?,28-,29-,30+,31?,32-,33-,34-,35-,36+,37-/m1/s1. The third kappa shape index (κ3) is 7.34. The van der Waals surface area contributed by atoms with E-state index in [-0.39, 0.29) is 46.8 Å². The first-order chi connectivity index (χ1) is 22.2. The molecule has 5 rings (SSSR count). The highest BCUT2D eigenvalue weighted by atomic mass is 16.7. The second-order valence-electron chi connectivity index (χ2n) is 16.4. The SMILES string of the molecule is CC(=O)N[C@H]1[C@H](O[C@@H]2C[C@H]([C@H](C)CCC[C@@H](C)COC(C)=O)[C@@]3(C)CCC4C(C=CC5CC(O)CC[C@@]54C)C23)O[C@@H](CO)[C@@H](O)[C@@H]1O. The van der Waals surface area contributed by atoms with Crippen molar-refractivity contribution in [2.75, 3.05) is 13.2 Å². The summed E-state index contributed by atoms with van der Waals surface area (Å²) in [5, 5.41) is 44.9. The number of aliphatic hydroxyl groups is 4. The molecule has 1 saturated heterocycles. The summed E-state index contributed by atoms with van der Waals surface area (Å²) in [6.45, 7) is 12.1. The molecule has 1 amide bonds. The Hall–Kier alpha value is -1.56. The Morgan fingerprint density at radius 3 is 2.40 bits per heavy atom. The summed E-state index contributed by atoms with van der Waals surface area (Å²) in [5.74, 6) is 1.77. The molecule has 4 aliphatic carbocycles. The van der Waals surface area contributed by atoms with Gasteiger partial charge in [0.2, 0.25) is 5.91 Å². The normalized spacial score (nSPS) is 45.7. The third-order valence-electron chi connectivity index (χ3n) is 13.3. The van der Waals surface area contributed by atoms with Crippen LogP contribution in [0.1, 0.15) is 99.3 Å². The van der Waals surface area contributed by atoms with Gasteiger partial charge in [0.15, 0.2) is 6.29 Å². The smallest absolute Gasteiger partial charge is 0.302 e. The number of hydrogen-bond acceptors (Lipinski definition) is 9. The molecule has 0 radical (unpaired) electrons. The van der Waals surface area contributed by atoms with Crippen LogP contribution in [0, 0.1) is 52.3 Å². The minimum absolute atomic E-state index is 0.0109. The van der Waals surface area contributed by atoms with Gasteiger partial charge in [0.1, 0.15) is 24.4 Å². The van der Waals surface area contributed by atoms with Gasteiger partial charge in [0.25, 0.3) is 0 Å². The second kappa shape index (κ2) is 14.7. The van der Waals surface area contributed by atoms with Crippen LogP contribution in [0.15, 0.2) is 12.2 Å². The molecule has 5 N–H and O–H groups in total. The highest BCUT2D eigenvalue weighted by molar-refractivity contribution is 5.73. The number of rotatable bonds is 11. The van der Waals surface area contributed by atoms with E-state index in [1.165, 1.54) is 13.8 Å². The topological polar surface area (TPSA) is 155 Å². The molecule has 10 heteroatoms. The van der Waals surface area contributed by atoms with E-state index in [0.717, 1.165) is 57.8 Å². The van der Waals surface area contributed by atoms with Crippen molar-refractivity contribution >= 4 is 11.9 Å². The number of hydrogen-bond donors (Lipinski definition) is 5. The monoisotopic (exact) mass is 663 g/mol. The molecule has 4 fully saturated rings. The number of ether oxygens (including phenoxy) is 3. The highest BCUT2D eigenvalue weighted by Crippen LogP contribution is 2.67. The second-order valence-corrected chi connectivity index (χ2v) is 16.4. The van der Waals surface area contributed by atoms with E-state index >= 15 is 0 Å². The molecule has 0 aromatic heterocycles. The van der Waals surface area contributed by atoms with Crippen molar-refractivity contribution in [1.29, 1.82) is 0 Å². The highest BCUT2D eigenvalue weighted by Gasteiger charge is 2.63. The summed E-state index contributed by atoms with van der Waals surface area (Å²) in [7, 11) is 0. The number of carbonyl (C=O) groups is 2. The number of carbonyl (C=O) groups excluding carboxylic acids is 2. The van der Waals surface area contributed by atoms with Gasteiger partial charge < -0.3 is 40.0 Å². The quantitative estimate of drug-likeness (QED) is 0.164. The number of amides is 1. The van der Waals surface area contributed by atoms with E-state index in [1.807, 2.05) is 0 Å². The molecule has 47 heavy (non-hydrogen) atoms. The first-order valence-electron chi connectivity index (χ1n) is 18.2. The molecule has 268 valence electrons. The van der Waals surface area contributed by atoms with Crippen molar-refractivity contribution in [3.05, 3.63) is 12.2 Å². The van der Waals surface area contributed by atoms with Crippen molar-refractivity contribution in [3.63, 3.8) is 0 Å². The van der Waals surface area contributed by atoms with Crippen LogP contribution in [0.5, 0.6) is 0 Å². The van der Waals surface area contributed by atoms with E-state index < -0.39 is 37.3 Å². The Bertz CT molecular complexity index is 1130. The predicted octanol–water partition coefficient (Wildman–Crippen LogP) is 3.73. The lowest BCUT2D eigenvalue weighted by Crippen LogP contribution is -2.65. The minimum atomic E-state index is -1.36. The van der Waals surface area contributed by atoms with Crippen LogP contribution in [0.25, 0.3) is 0 Å². The number of nitrogens with one attached hydrogen (secondary N) is 1. The van der Waals surface area contributed by atoms with E-state index in [1.54, 1.807) is 0 Å². The van der Waals surface area contributed by atoms with Gasteiger partial charge in [-0.2, -0.15) is 0 Å². The average Bonchev–Trinajstić information content (AvgIpc) is 3.31. The van der Waals surface area contributed by atoms with Crippen LogP contribution in [-0.4, -0.2) is 88.4 Å². The molecule has 3 saturated carbocycles. The van der Waals surface area contributed by atoms with Gasteiger partial charge in [0, 0.05) is 13.8 Å². The minimum Gasteiger partial charge on any atom is -0.466 e. The van der Waals surface area contributed by atoms with Crippen LogP contribution in [0.3, 0.4) is 0 Å². The molecule has 1 heterocycles. The molecular weight excluding hydrogens is 602 g/mol. The van der Waals surface area contributed by atoms with E-state index in [0.29, 0.717) is 36.2 Å². The Kier molecular flexibility index (Phi) is 11.5. The Morgan fingerprint density at radius 2 is 1.72 bits per heavy atom. The van der Waals surface area contributed by atoms with E-state index in [9.17, 15) is 30.0 Å². The number of esters is 1. The molecule has 0 spiro atoms. The van der Waals surface area contributed by atoms with Crippen molar-refractivity contribution in [1.82, 2.24) is 5.32 Å².